The van der Waals surface area contributed by atoms with Gasteiger partial charge in [0, 0.05) is 32.7 Å². The average Bonchev–Trinajstić information content (AvgIpc) is 2.40. The van der Waals surface area contributed by atoms with Gasteiger partial charge in [-0.1, -0.05) is 20.3 Å². The molecule has 0 aromatic carbocycles. The van der Waals surface area contributed by atoms with Gasteiger partial charge in [0.2, 0.25) is 0 Å². The van der Waals surface area contributed by atoms with Crippen molar-refractivity contribution in [1.29, 1.82) is 0 Å². The predicted molar refractivity (Wildman–Crippen MR) is 59.2 cm³/mol. The van der Waals surface area contributed by atoms with Gasteiger partial charge in [0.25, 0.3) is 0 Å². The molecule has 8 heteroatoms. The molecule has 1 N–H and O–H groups in total. The minimum Gasteiger partial charge on any atom is 0 e. The van der Waals surface area contributed by atoms with Gasteiger partial charge in [-0.2, -0.15) is 0 Å². The summed E-state index contributed by atoms with van der Waals surface area (Å²) in [4.78, 5) is 17.4. The van der Waals surface area contributed by atoms with Crippen LogP contribution in [-0.2, 0) is 126 Å². The van der Waals surface area contributed by atoms with Crippen molar-refractivity contribution in [2.75, 3.05) is 0 Å². The molecule has 0 heterocycles. The van der Waals surface area contributed by atoms with Crippen molar-refractivity contribution >= 4 is 20.5 Å². The molecule has 0 unspecified atom stereocenters. The van der Waals surface area contributed by atoms with Crippen LogP contribution in [0.3, 0.4) is 0 Å². The van der Waals surface area contributed by atoms with E-state index in [1.54, 1.807) is 32.4 Å². The third-order valence-corrected chi connectivity index (χ3v) is 1.01. The Morgan fingerprint density at radius 1 is 1.22 bits per heavy atom. The summed E-state index contributed by atoms with van der Waals surface area (Å²) in [5.41, 5.74) is 0. The number of hydrogen-bond donors (Lipinski definition) is 1. The van der Waals surface area contributed by atoms with Crippen molar-refractivity contribution in [2.24, 2.45) is 0 Å². The molecular weight excluding hydrogens is 1030 g/mol. The van der Waals surface area contributed by atoms with Crippen LogP contribution in [0.4, 0.5) is 0 Å². The van der Waals surface area contributed by atoms with Gasteiger partial charge in [-0.25, -0.2) is 0 Å². The average molecular weight is 1050 g/mol. The third-order valence-electron chi connectivity index (χ3n) is 0.512. The van der Waals surface area contributed by atoms with E-state index in [4.69, 9.17) is 9.90 Å². The van der Waals surface area contributed by atoms with Crippen LogP contribution in [0.5, 0.6) is 0 Å². The van der Waals surface area contributed by atoms with Crippen molar-refractivity contribution in [1.82, 2.24) is 0 Å². The fourth-order valence-corrected chi connectivity index (χ4v) is 0. The molecule has 108 valence electrons. The molecule has 2 nitrogen and oxygen atoms in total. The first-order valence-corrected chi connectivity index (χ1v) is 18.9. The first kappa shape index (κ1) is 49.6. The molecule has 1 radical (unpaired) electrons. The Labute approximate surface area is 189 Å². The second-order valence-corrected chi connectivity index (χ2v) is 2.37. The normalized spacial score (nSPS) is 3.72. The molecular formula is C10H20O2VW4Y-4. The van der Waals surface area contributed by atoms with E-state index in [9.17, 15) is 0 Å². The van der Waals surface area contributed by atoms with Crippen LogP contribution >= 0.6 is 0 Å². The van der Waals surface area contributed by atoms with Gasteiger partial charge in [0.1, 0.15) is 0 Å². The Morgan fingerprint density at radius 2 is 1.28 bits per heavy atom. The summed E-state index contributed by atoms with van der Waals surface area (Å²) in [6, 6.07) is 0. The van der Waals surface area contributed by atoms with E-state index in [1.165, 1.54) is 10.6 Å². The maximum atomic E-state index is 8.24. The Hall–Kier alpha value is 3.52. The van der Waals surface area contributed by atoms with Gasteiger partial charge in [0.15, 0.2) is 0 Å². The van der Waals surface area contributed by atoms with Gasteiger partial charge < -0.3 is 17.3 Å². The second kappa shape index (κ2) is 108. The zero-order valence-corrected chi connectivity index (χ0v) is 27.3. The summed E-state index contributed by atoms with van der Waals surface area (Å²) in [6.07, 6.45) is 1.19. The minimum atomic E-state index is 0. The van der Waals surface area contributed by atoms with E-state index in [-0.39, 0.29) is 40.1 Å². The number of hydrogen-bond acceptors (Lipinski definition) is 1. The molecule has 0 aromatic rings. The van der Waals surface area contributed by atoms with E-state index < -0.39 is 0 Å². The van der Waals surface area contributed by atoms with Crippen LogP contribution in [-0.4, -0.2) is 25.6 Å². The van der Waals surface area contributed by atoms with Crippen LogP contribution < -0.4 is 0 Å². The Bertz CT molecular complexity index is 117. The zero-order valence-electron chi connectivity index (χ0n) is 11.4. The third kappa shape index (κ3) is 220. The van der Waals surface area contributed by atoms with Gasteiger partial charge >= 0.3 is 122 Å². The predicted octanol–water partition coefficient (Wildman–Crippen LogP) is 1.90. The Balaban J connectivity index is -0.0000000115. The molecule has 0 aliphatic carbocycles. The molecule has 0 aromatic heterocycles. The van der Waals surface area contributed by atoms with Crippen LogP contribution in [0, 0.1) is 7.43 Å². The van der Waals surface area contributed by atoms with E-state index in [1.807, 2.05) is 13.8 Å². The fraction of sp³-hybridized carbons (Fsp3) is 0.500. The summed E-state index contributed by atoms with van der Waals surface area (Å²) in [5.74, 6) is 0. The second-order valence-electron chi connectivity index (χ2n) is 1.18. The van der Waals surface area contributed by atoms with E-state index >= 15 is 0 Å². The number of aliphatic hydroxyl groups excluding tert-OH is 1. The van der Waals surface area contributed by atoms with E-state index in [0.29, 0.717) is 6.47 Å². The van der Waals surface area contributed by atoms with E-state index in [2.05, 4.69) is 40.6 Å². The molecule has 0 fully saturated rings. The van der Waals surface area contributed by atoms with Crippen molar-refractivity contribution < 1.29 is 131 Å². The van der Waals surface area contributed by atoms with Crippen LogP contribution in [0.2, 0.25) is 0 Å². The molecule has 0 saturated heterocycles. The number of rotatable bonds is 1. The van der Waals surface area contributed by atoms with Crippen molar-refractivity contribution in [3.8, 4) is 0 Å². The molecule has 0 amide bonds. The quantitative estimate of drug-likeness (QED) is 0.409. The topological polar surface area (TPSA) is 37.3 Å². The SMILES string of the molecule is CC.CC[C](C)=[V].O=[C-]O.[CH-]=[W].[CH-]=[W].[CH3-].[W]=[W].[Y]. The monoisotopic (exact) mass is 1050 g/mol. The van der Waals surface area contributed by atoms with Crippen molar-refractivity contribution in [2.45, 2.75) is 34.1 Å². The summed E-state index contributed by atoms with van der Waals surface area (Å²) < 4.78 is 1.44. The zero-order chi connectivity index (χ0) is 15.0. The van der Waals surface area contributed by atoms with Gasteiger partial charge in [-0.15, -0.1) is 0 Å². The van der Waals surface area contributed by atoms with Crippen LogP contribution in [0.1, 0.15) is 34.1 Å². The Kier molecular flexibility index (Phi) is 297. The first-order chi connectivity index (χ1) is 7.68. The molecule has 0 saturated carbocycles. The minimum absolute atomic E-state index is 0. The Morgan fingerprint density at radius 3 is 1.28 bits per heavy atom. The summed E-state index contributed by atoms with van der Waals surface area (Å²) in [6.45, 7) is 8.76. The summed E-state index contributed by atoms with van der Waals surface area (Å²) >= 11 is 8.02. The molecule has 0 aliphatic heterocycles. The fourth-order valence-electron chi connectivity index (χ4n) is 0. The molecule has 0 rings (SSSR count). The standard InChI is InChI=1S/C4H8.C2H6.CHO2.CH3.2CH.V.4W.Y/c1-3-4-2;1-2;2-1-3;;;;;;;;;/h3H2,1-2H3;1-2H3;(H,2,3);1H3;2*1H;;;;;;/q;;4*-1;;;;;;. The molecule has 18 heavy (non-hydrogen) atoms. The molecule has 0 aliphatic rings. The van der Waals surface area contributed by atoms with Crippen molar-refractivity contribution in [3.63, 3.8) is 0 Å². The maximum absolute atomic E-state index is 8.24. The molecule has 0 atom stereocenters. The molecule has 0 bridgehead atoms. The largest absolute Gasteiger partial charge is 0 e. The van der Waals surface area contributed by atoms with Crippen LogP contribution in [0.25, 0.3) is 0 Å². The molecule has 0 spiro atoms. The van der Waals surface area contributed by atoms with Gasteiger partial charge in [-0.3, -0.25) is 0 Å². The summed E-state index contributed by atoms with van der Waals surface area (Å²) in [7, 11) is 0. The van der Waals surface area contributed by atoms with Gasteiger partial charge in [-0.05, 0) is 0 Å². The van der Waals surface area contributed by atoms with E-state index in [0.717, 1.165) is 38.7 Å². The first-order valence-electron chi connectivity index (χ1n) is 3.85. The smallest absolute Gasteiger partial charge is 0 e. The van der Waals surface area contributed by atoms with Gasteiger partial charge in [0.05, 0.1) is 0 Å². The van der Waals surface area contributed by atoms with Crippen molar-refractivity contribution in [3.05, 3.63) is 7.43 Å². The summed E-state index contributed by atoms with van der Waals surface area (Å²) in [5, 5.41) is 6.76. The van der Waals surface area contributed by atoms with Crippen LogP contribution in [0.15, 0.2) is 0 Å². The maximum Gasteiger partial charge on any atom is 0 e.